The summed E-state index contributed by atoms with van der Waals surface area (Å²) in [5.41, 5.74) is -0.0726. The zero-order chi connectivity index (χ0) is 13.7. The molecule has 0 spiro atoms. The molecule has 0 heterocycles. The van der Waals surface area contributed by atoms with Gasteiger partial charge in [-0.15, -0.1) is 0 Å². The van der Waals surface area contributed by atoms with E-state index in [4.69, 9.17) is 0 Å². The van der Waals surface area contributed by atoms with E-state index in [-0.39, 0.29) is 18.2 Å². The maximum Gasteiger partial charge on any atom is 0.225 e. The van der Waals surface area contributed by atoms with Gasteiger partial charge in [-0.25, -0.2) is 8.78 Å². The van der Waals surface area contributed by atoms with Crippen molar-refractivity contribution in [2.75, 3.05) is 11.9 Å². The number of rotatable bonds is 5. The van der Waals surface area contributed by atoms with Crippen LogP contribution in [-0.2, 0) is 4.79 Å². The van der Waals surface area contributed by atoms with E-state index in [0.717, 1.165) is 6.07 Å². The van der Waals surface area contributed by atoms with Gasteiger partial charge in [0.25, 0.3) is 0 Å². The van der Waals surface area contributed by atoms with Crippen LogP contribution in [0.15, 0.2) is 12.1 Å². The lowest BCUT2D eigenvalue weighted by atomic mass is 10.2. The van der Waals surface area contributed by atoms with Gasteiger partial charge in [0.1, 0.15) is 11.5 Å². The second kappa shape index (κ2) is 6.44. The number of carbonyl (C=O) groups excluding carboxylic acids is 1. The first-order valence-corrected chi connectivity index (χ1v) is 5.89. The van der Waals surface area contributed by atoms with Gasteiger partial charge in [0, 0.05) is 19.0 Å². The molecule has 0 radical (unpaired) electrons. The molecule has 0 fully saturated rings. The molecule has 1 aromatic rings. The summed E-state index contributed by atoms with van der Waals surface area (Å²) in [4.78, 5) is 11.5. The maximum absolute atomic E-state index is 13.6. The Morgan fingerprint density at radius 2 is 2.00 bits per heavy atom. The minimum absolute atomic E-state index is 0.172. The van der Waals surface area contributed by atoms with Gasteiger partial charge in [-0.1, -0.05) is 19.9 Å². The van der Waals surface area contributed by atoms with E-state index < -0.39 is 17.5 Å². The normalized spacial score (nSPS) is 10.8. The molecule has 0 saturated heterocycles. The number of hydrogen-bond acceptors (Lipinski definition) is 2. The first kappa shape index (κ1) is 14.6. The first-order valence-electron chi connectivity index (χ1n) is 5.89. The third kappa shape index (κ3) is 4.07. The zero-order valence-corrected chi connectivity index (χ0v) is 10.8. The number of aryl methyl sites for hydroxylation is 1. The van der Waals surface area contributed by atoms with Gasteiger partial charge >= 0.3 is 0 Å². The summed E-state index contributed by atoms with van der Waals surface area (Å²) in [7, 11) is 0. The molecule has 5 heteroatoms. The van der Waals surface area contributed by atoms with Crippen LogP contribution in [0.1, 0.15) is 25.8 Å². The quantitative estimate of drug-likeness (QED) is 0.850. The van der Waals surface area contributed by atoms with E-state index in [1.807, 2.05) is 13.8 Å². The molecule has 0 atom stereocenters. The SMILES string of the molecule is Cc1ccc(F)c(NC(=O)CCNC(C)C)c1F. The molecule has 18 heavy (non-hydrogen) atoms. The van der Waals surface area contributed by atoms with Crippen molar-refractivity contribution in [1.82, 2.24) is 5.32 Å². The van der Waals surface area contributed by atoms with Gasteiger partial charge in [-0.05, 0) is 18.6 Å². The largest absolute Gasteiger partial charge is 0.321 e. The third-order valence-electron chi connectivity index (χ3n) is 2.45. The number of benzene rings is 1. The van der Waals surface area contributed by atoms with Crippen LogP contribution in [0.25, 0.3) is 0 Å². The molecule has 1 aromatic carbocycles. The molecule has 0 aromatic heterocycles. The first-order chi connectivity index (χ1) is 8.41. The molecular formula is C13H18F2N2O. The molecule has 0 aliphatic carbocycles. The summed E-state index contributed by atoms with van der Waals surface area (Å²) in [6.45, 7) is 5.90. The molecule has 1 amide bonds. The van der Waals surface area contributed by atoms with Crippen molar-refractivity contribution in [3.63, 3.8) is 0 Å². The van der Waals surface area contributed by atoms with Crippen LogP contribution in [0.2, 0.25) is 0 Å². The van der Waals surface area contributed by atoms with E-state index in [9.17, 15) is 13.6 Å². The fraction of sp³-hybridized carbons (Fsp3) is 0.462. The number of nitrogens with one attached hydrogen (secondary N) is 2. The second-order valence-electron chi connectivity index (χ2n) is 4.46. The summed E-state index contributed by atoms with van der Waals surface area (Å²) in [6.07, 6.45) is 0.172. The molecule has 100 valence electrons. The number of amides is 1. The van der Waals surface area contributed by atoms with Crippen molar-refractivity contribution >= 4 is 11.6 Å². The molecule has 3 nitrogen and oxygen atoms in total. The predicted molar refractivity (Wildman–Crippen MR) is 67.5 cm³/mol. The van der Waals surface area contributed by atoms with Crippen LogP contribution < -0.4 is 10.6 Å². The second-order valence-corrected chi connectivity index (χ2v) is 4.46. The molecule has 0 aliphatic heterocycles. The molecule has 0 saturated carbocycles. The van der Waals surface area contributed by atoms with Gasteiger partial charge in [0.15, 0.2) is 5.82 Å². The van der Waals surface area contributed by atoms with E-state index >= 15 is 0 Å². The van der Waals surface area contributed by atoms with Crippen molar-refractivity contribution in [1.29, 1.82) is 0 Å². The van der Waals surface area contributed by atoms with E-state index in [1.54, 1.807) is 0 Å². The van der Waals surface area contributed by atoms with Gasteiger partial charge in [-0.2, -0.15) is 0 Å². The topological polar surface area (TPSA) is 41.1 Å². The van der Waals surface area contributed by atoms with Crippen LogP contribution in [0, 0.1) is 18.6 Å². The standard InChI is InChI=1S/C13H18F2N2O/c1-8(2)16-7-6-11(18)17-13-10(14)5-4-9(3)12(13)15/h4-5,8,16H,6-7H2,1-3H3,(H,17,18). The van der Waals surface area contributed by atoms with Crippen LogP contribution in [0.3, 0.4) is 0 Å². The lowest BCUT2D eigenvalue weighted by Gasteiger charge is -2.10. The highest BCUT2D eigenvalue weighted by Crippen LogP contribution is 2.21. The molecular weight excluding hydrogens is 238 g/mol. The average Bonchev–Trinajstić information content (AvgIpc) is 2.29. The van der Waals surface area contributed by atoms with Gasteiger partial charge < -0.3 is 10.6 Å². The Labute approximate surface area is 106 Å². The molecule has 0 bridgehead atoms. The van der Waals surface area contributed by atoms with Gasteiger partial charge in [0.2, 0.25) is 5.91 Å². The Bertz CT molecular complexity index is 433. The number of anilines is 1. The lowest BCUT2D eigenvalue weighted by Crippen LogP contribution is -2.27. The highest BCUT2D eigenvalue weighted by molar-refractivity contribution is 5.91. The summed E-state index contributed by atoms with van der Waals surface area (Å²) >= 11 is 0. The highest BCUT2D eigenvalue weighted by Gasteiger charge is 2.13. The van der Waals surface area contributed by atoms with Crippen LogP contribution in [0.4, 0.5) is 14.5 Å². The van der Waals surface area contributed by atoms with Gasteiger partial charge in [0.05, 0.1) is 0 Å². The minimum Gasteiger partial charge on any atom is -0.321 e. The monoisotopic (exact) mass is 256 g/mol. The number of halogens is 2. The minimum atomic E-state index is -0.761. The van der Waals surface area contributed by atoms with Crippen molar-refractivity contribution in [3.8, 4) is 0 Å². The van der Waals surface area contributed by atoms with Gasteiger partial charge in [-0.3, -0.25) is 4.79 Å². The fourth-order valence-corrected chi connectivity index (χ4v) is 1.45. The smallest absolute Gasteiger partial charge is 0.225 e. The van der Waals surface area contributed by atoms with E-state index in [1.165, 1.54) is 13.0 Å². The Morgan fingerprint density at radius 1 is 1.33 bits per heavy atom. The lowest BCUT2D eigenvalue weighted by molar-refractivity contribution is -0.116. The Kier molecular flexibility index (Phi) is 5.22. The fourth-order valence-electron chi connectivity index (χ4n) is 1.45. The maximum atomic E-state index is 13.6. The predicted octanol–water partition coefficient (Wildman–Crippen LogP) is 2.60. The van der Waals surface area contributed by atoms with Crippen molar-refractivity contribution < 1.29 is 13.6 Å². The summed E-state index contributed by atoms with van der Waals surface area (Å²) < 4.78 is 27.0. The third-order valence-corrected chi connectivity index (χ3v) is 2.45. The Balaban J connectivity index is 2.62. The highest BCUT2D eigenvalue weighted by atomic mass is 19.1. The van der Waals surface area contributed by atoms with Crippen molar-refractivity contribution in [3.05, 3.63) is 29.3 Å². The van der Waals surface area contributed by atoms with Crippen LogP contribution in [0.5, 0.6) is 0 Å². The van der Waals surface area contributed by atoms with E-state index in [2.05, 4.69) is 10.6 Å². The van der Waals surface area contributed by atoms with E-state index in [0.29, 0.717) is 12.1 Å². The Hall–Kier alpha value is -1.49. The Morgan fingerprint density at radius 3 is 2.61 bits per heavy atom. The summed E-state index contributed by atoms with van der Waals surface area (Å²) in [5.74, 6) is -1.89. The molecule has 2 N–H and O–H groups in total. The summed E-state index contributed by atoms with van der Waals surface area (Å²) in [5, 5.41) is 5.32. The van der Waals surface area contributed by atoms with Crippen LogP contribution >= 0.6 is 0 Å². The van der Waals surface area contributed by atoms with Crippen molar-refractivity contribution in [2.24, 2.45) is 0 Å². The summed E-state index contributed by atoms with van der Waals surface area (Å²) in [6, 6.07) is 2.74. The number of hydrogen-bond donors (Lipinski definition) is 2. The number of carbonyl (C=O) groups is 1. The molecule has 0 aliphatic rings. The molecule has 1 rings (SSSR count). The average molecular weight is 256 g/mol. The molecule has 0 unspecified atom stereocenters. The zero-order valence-electron chi connectivity index (χ0n) is 10.8. The van der Waals surface area contributed by atoms with Crippen molar-refractivity contribution in [2.45, 2.75) is 33.2 Å². The van der Waals surface area contributed by atoms with Crippen LogP contribution in [-0.4, -0.2) is 18.5 Å².